The molecule has 2 heterocycles. The van der Waals surface area contributed by atoms with Crippen LogP contribution in [0.5, 0.6) is 0 Å². The number of hydrogen-bond acceptors (Lipinski definition) is 5. The maximum atomic E-state index is 9.47. The fourth-order valence-corrected chi connectivity index (χ4v) is 4.26. The van der Waals surface area contributed by atoms with Crippen molar-refractivity contribution in [2.45, 2.75) is 57.8 Å². The summed E-state index contributed by atoms with van der Waals surface area (Å²) in [5, 5.41) is 10.6. The number of nitrogens with zero attached hydrogens (tertiary/aromatic N) is 2. The first-order valence-electron chi connectivity index (χ1n) is 7.31. The minimum atomic E-state index is 0.117. The number of aliphatic hydroxyl groups is 1. The molecule has 3 rings (SSSR count). The van der Waals surface area contributed by atoms with Crippen LogP contribution in [0.1, 0.15) is 43.2 Å². The van der Waals surface area contributed by atoms with Gasteiger partial charge in [0.2, 0.25) is 0 Å². The zero-order valence-electron chi connectivity index (χ0n) is 11.5. The number of morpholine rings is 1. The van der Waals surface area contributed by atoms with Crippen molar-refractivity contribution >= 4 is 16.5 Å². The molecule has 0 radical (unpaired) electrons. The van der Waals surface area contributed by atoms with Gasteiger partial charge in [0.1, 0.15) is 0 Å². The number of hydrogen-bond donors (Lipinski definition) is 1. The number of fused-ring (bicyclic) bond motifs is 1. The maximum absolute atomic E-state index is 9.47. The Hall–Kier alpha value is -0.650. The van der Waals surface area contributed by atoms with Crippen molar-refractivity contribution < 1.29 is 9.84 Å². The van der Waals surface area contributed by atoms with E-state index >= 15 is 0 Å². The van der Waals surface area contributed by atoms with Crippen molar-refractivity contribution in [2.75, 3.05) is 18.1 Å². The van der Waals surface area contributed by atoms with Gasteiger partial charge in [-0.25, -0.2) is 4.98 Å². The second-order valence-corrected chi connectivity index (χ2v) is 6.44. The zero-order chi connectivity index (χ0) is 13.2. The highest BCUT2D eigenvalue weighted by molar-refractivity contribution is 7.15. The van der Waals surface area contributed by atoms with E-state index in [9.17, 15) is 5.11 Å². The molecule has 2 fully saturated rings. The smallest absolute Gasteiger partial charge is 0.186 e. The molecule has 0 amide bonds. The lowest BCUT2D eigenvalue weighted by atomic mass is 10.1. The molecule has 5 heteroatoms. The molecule has 1 N–H and O–H groups in total. The molecule has 106 valence electrons. The quantitative estimate of drug-likeness (QED) is 0.921. The van der Waals surface area contributed by atoms with Gasteiger partial charge in [-0.2, -0.15) is 0 Å². The van der Waals surface area contributed by atoms with Crippen molar-refractivity contribution in [2.24, 2.45) is 0 Å². The number of thiazole rings is 1. The molecule has 0 spiro atoms. The number of aromatic nitrogens is 1. The molecule has 1 aliphatic heterocycles. The van der Waals surface area contributed by atoms with E-state index in [0.717, 1.165) is 41.7 Å². The minimum Gasteiger partial charge on any atom is -0.391 e. The third-order valence-corrected chi connectivity index (χ3v) is 5.24. The summed E-state index contributed by atoms with van der Waals surface area (Å²) in [5.41, 5.74) is 1.09. The maximum Gasteiger partial charge on any atom is 0.186 e. The summed E-state index contributed by atoms with van der Waals surface area (Å²) < 4.78 is 5.85. The Bertz CT molecular complexity index is 435. The van der Waals surface area contributed by atoms with Crippen LogP contribution in [0.25, 0.3) is 0 Å². The first-order chi connectivity index (χ1) is 9.33. The summed E-state index contributed by atoms with van der Waals surface area (Å²) in [7, 11) is 0. The Labute approximate surface area is 118 Å². The summed E-state index contributed by atoms with van der Waals surface area (Å²) in [6, 6.07) is 0.501. The van der Waals surface area contributed by atoms with Crippen LogP contribution in [0.4, 0.5) is 5.13 Å². The Morgan fingerprint density at radius 2 is 2.37 bits per heavy atom. The van der Waals surface area contributed by atoms with Gasteiger partial charge >= 0.3 is 0 Å². The average molecular weight is 282 g/mol. The average Bonchev–Trinajstić information content (AvgIpc) is 3.04. The van der Waals surface area contributed by atoms with E-state index in [4.69, 9.17) is 9.72 Å². The third-order valence-electron chi connectivity index (χ3n) is 4.13. The van der Waals surface area contributed by atoms with Crippen molar-refractivity contribution in [1.82, 2.24) is 4.98 Å². The van der Waals surface area contributed by atoms with Gasteiger partial charge < -0.3 is 14.7 Å². The molecule has 1 aromatic rings. The topological polar surface area (TPSA) is 45.6 Å². The predicted molar refractivity (Wildman–Crippen MR) is 76.8 cm³/mol. The number of aliphatic hydroxyl groups excluding tert-OH is 1. The van der Waals surface area contributed by atoms with E-state index in [2.05, 4.69) is 11.8 Å². The van der Waals surface area contributed by atoms with E-state index in [1.165, 1.54) is 19.3 Å². The van der Waals surface area contributed by atoms with Gasteiger partial charge in [-0.1, -0.05) is 24.7 Å². The molecule has 0 aromatic carbocycles. The van der Waals surface area contributed by atoms with Gasteiger partial charge in [-0.05, 0) is 25.7 Å². The van der Waals surface area contributed by atoms with E-state index in [1.807, 2.05) is 0 Å². The van der Waals surface area contributed by atoms with Crippen molar-refractivity contribution in [3.63, 3.8) is 0 Å². The molecular weight excluding hydrogens is 260 g/mol. The molecular formula is C14H22N2O2S. The highest BCUT2D eigenvalue weighted by Gasteiger charge is 2.37. The molecule has 1 aromatic heterocycles. The number of anilines is 1. The van der Waals surface area contributed by atoms with Crippen molar-refractivity contribution in [3.8, 4) is 0 Å². The van der Waals surface area contributed by atoms with E-state index in [-0.39, 0.29) is 6.61 Å². The summed E-state index contributed by atoms with van der Waals surface area (Å²) in [5.74, 6) is 0. The predicted octanol–water partition coefficient (Wildman–Crippen LogP) is 2.35. The van der Waals surface area contributed by atoms with Crippen LogP contribution in [-0.2, 0) is 17.8 Å². The van der Waals surface area contributed by atoms with Crippen LogP contribution in [0.15, 0.2) is 0 Å². The largest absolute Gasteiger partial charge is 0.391 e. The molecule has 19 heavy (non-hydrogen) atoms. The Morgan fingerprint density at radius 1 is 1.47 bits per heavy atom. The number of aryl methyl sites for hydroxylation is 1. The molecule has 1 aliphatic carbocycles. The first-order valence-corrected chi connectivity index (χ1v) is 8.12. The lowest BCUT2D eigenvalue weighted by molar-refractivity contribution is 0.0256. The second-order valence-electron chi connectivity index (χ2n) is 5.38. The van der Waals surface area contributed by atoms with E-state index < -0.39 is 0 Å². The Morgan fingerprint density at radius 3 is 3.16 bits per heavy atom. The highest BCUT2D eigenvalue weighted by Crippen LogP contribution is 2.36. The fraction of sp³-hybridized carbons (Fsp3) is 0.786. The standard InChI is InChI=1S/C14H22N2O2S/c1-2-4-10-13(9-17)19-14(15-10)16-7-8-18-12-6-3-5-11(12)16/h11-12,17H,2-9H2,1H3. The zero-order valence-corrected chi connectivity index (χ0v) is 12.3. The van der Waals surface area contributed by atoms with Crippen LogP contribution in [-0.4, -0.2) is 35.4 Å². The van der Waals surface area contributed by atoms with Crippen molar-refractivity contribution in [1.29, 1.82) is 0 Å². The molecule has 0 bridgehead atoms. The Balaban J connectivity index is 1.84. The summed E-state index contributed by atoms with van der Waals surface area (Å²) in [6.45, 7) is 4.01. The SMILES string of the molecule is CCCc1nc(N2CCOC3CCCC32)sc1CO. The van der Waals surface area contributed by atoms with E-state index in [1.54, 1.807) is 11.3 Å². The molecule has 2 unspecified atom stereocenters. The summed E-state index contributed by atoms with van der Waals surface area (Å²) >= 11 is 1.66. The fourth-order valence-electron chi connectivity index (χ4n) is 3.21. The van der Waals surface area contributed by atoms with Crippen LogP contribution in [0.2, 0.25) is 0 Å². The van der Waals surface area contributed by atoms with Gasteiger partial charge in [-0.15, -0.1) is 0 Å². The lowest BCUT2D eigenvalue weighted by Crippen LogP contribution is -2.48. The summed E-state index contributed by atoms with van der Waals surface area (Å²) in [6.07, 6.45) is 6.08. The van der Waals surface area contributed by atoms with Crippen LogP contribution in [0, 0.1) is 0 Å². The normalized spacial score (nSPS) is 26.7. The van der Waals surface area contributed by atoms with Gasteiger partial charge in [-0.3, -0.25) is 0 Å². The van der Waals surface area contributed by atoms with Crippen molar-refractivity contribution in [3.05, 3.63) is 10.6 Å². The Kier molecular flexibility index (Phi) is 4.05. The number of ether oxygens (including phenoxy) is 1. The molecule has 2 aliphatic rings. The lowest BCUT2D eigenvalue weighted by Gasteiger charge is -2.37. The molecule has 2 atom stereocenters. The highest BCUT2D eigenvalue weighted by atomic mass is 32.1. The first kappa shape index (κ1) is 13.3. The summed E-state index contributed by atoms with van der Waals surface area (Å²) in [4.78, 5) is 8.24. The molecule has 4 nitrogen and oxygen atoms in total. The van der Waals surface area contributed by atoms with Crippen LogP contribution in [0.3, 0.4) is 0 Å². The van der Waals surface area contributed by atoms with Crippen LogP contribution >= 0.6 is 11.3 Å². The van der Waals surface area contributed by atoms with Gasteiger partial charge in [0.15, 0.2) is 5.13 Å². The second kappa shape index (κ2) is 5.77. The van der Waals surface area contributed by atoms with Crippen LogP contribution < -0.4 is 4.90 Å². The van der Waals surface area contributed by atoms with E-state index in [0.29, 0.717) is 12.1 Å². The minimum absolute atomic E-state index is 0.117. The van der Waals surface area contributed by atoms with Gasteiger partial charge in [0.05, 0.1) is 35.9 Å². The monoisotopic (exact) mass is 282 g/mol. The third kappa shape index (κ3) is 2.51. The molecule has 1 saturated carbocycles. The van der Waals surface area contributed by atoms with Gasteiger partial charge in [0, 0.05) is 6.54 Å². The van der Waals surface area contributed by atoms with Gasteiger partial charge in [0.25, 0.3) is 0 Å². The number of rotatable bonds is 4. The molecule has 1 saturated heterocycles.